The molecule has 2 N–H and O–H groups in total. The summed E-state index contributed by atoms with van der Waals surface area (Å²) in [5, 5.41) is 12.8. The third-order valence-corrected chi connectivity index (χ3v) is 7.12. The van der Waals surface area contributed by atoms with Crippen molar-refractivity contribution in [3.63, 3.8) is 0 Å². The minimum Gasteiger partial charge on any atom is -0.387 e. The Morgan fingerprint density at radius 3 is 2.43 bits per heavy atom. The number of aliphatic hydroxyl groups excluding tert-OH is 1. The van der Waals surface area contributed by atoms with Crippen LogP contribution in [0.25, 0.3) is 0 Å². The van der Waals surface area contributed by atoms with Gasteiger partial charge in [-0.2, -0.15) is 4.31 Å². The van der Waals surface area contributed by atoms with Crippen LogP contribution in [-0.2, 0) is 14.8 Å². The van der Waals surface area contributed by atoms with Crippen LogP contribution >= 0.6 is 11.3 Å². The highest BCUT2D eigenvalue weighted by molar-refractivity contribution is 7.89. The summed E-state index contributed by atoms with van der Waals surface area (Å²) >= 11 is 0.881. The molecule has 0 spiro atoms. The minimum absolute atomic E-state index is 0.0557. The summed E-state index contributed by atoms with van der Waals surface area (Å²) in [6.07, 6.45) is -1.04. The number of rotatable bonds is 8. The van der Waals surface area contributed by atoms with Gasteiger partial charge in [-0.1, -0.05) is 19.1 Å². The van der Waals surface area contributed by atoms with Crippen molar-refractivity contribution in [1.82, 2.24) is 4.31 Å². The number of amides is 1. The molecule has 2 rings (SSSR count). The lowest BCUT2D eigenvalue weighted by Gasteiger charge is -2.21. The molecule has 0 saturated carbocycles. The van der Waals surface area contributed by atoms with E-state index in [1.807, 2.05) is 0 Å². The van der Waals surface area contributed by atoms with Crippen LogP contribution in [0, 0.1) is 5.82 Å². The van der Waals surface area contributed by atoms with Crippen LogP contribution in [0.4, 0.5) is 9.39 Å². The normalized spacial score (nSPS) is 12.8. The van der Waals surface area contributed by atoms with Crippen LogP contribution in [0.3, 0.4) is 0 Å². The van der Waals surface area contributed by atoms with Gasteiger partial charge in [-0.25, -0.2) is 12.8 Å². The highest BCUT2D eigenvalue weighted by atomic mass is 32.2. The van der Waals surface area contributed by atoms with E-state index in [1.54, 1.807) is 6.92 Å². The molecule has 1 atom stereocenters. The van der Waals surface area contributed by atoms with Crippen LogP contribution < -0.4 is 5.32 Å². The summed E-state index contributed by atoms with van der Waals surface area (Å²) in [4.78, 5) is 23.4. The maximum Gasteiger partial charge on any atom is 0.245 e. The van der Waals surface area contributed by atoms with Crippen molar-refractivity contribution in [1.29, 1.82) is 0 Å². The van der Waals surface area contributed by atoms with Crippen LogP contribution in [0.5, 0.6) is 0 Å². The molecule has 0 aliphatic carbocycles. The Hall–Kier alpha value is -2.14. The van der Waals surface area contributed by atoms with Gasteiger partial charge in [-0.3, -0.25) is 9.59 Å². The second-order valence-electron chi connectivity index (χ2n) is 6.11. The molecule has 2 aromatic rings. The molecule has 1 aromatic heterocycles. The number of nitrogens with one attached hydrogen (secondary N) is 1. The zero-order valence-electron chi connectivity index (χ0n) is 15.6. The van der Waals surface area contributed by atoms with Gasteiger partial charge >= 0.3 is 0 Å². The molecular formula is C18H21FN2O5S2. The lowest BCUT2D eigenvalue weighted by molar-refractivity contribution is -0.115. The number of likely N-dealkylation sites (N-methyl/N-ethyl adjacent to an activating group) is 1. The Labute approximate surface area is 166 Å². The number of sulfonamides is 1. The number of thiophene rings is 1. The molecular weight excluding hydrogens is 407 g/mol. The van der Waals surface area contributed by atoms with Gasteiger partial charge in [-0.05, 0) is 30.7 Å². The highest BCUT2D eigenvalue weighted by Gasteiger charge is 2.29. The fourth-order valence-electron chi connectivity index (χ4n) is 2.34. The van der Waals surface area contributed by atoms with Gasteiger partial charge in [0, 0.05) is 20.0 Å². The van der Waals surface area contributed by atoms with E-state index in [-0.39, 0.29) is 39.4 Å². The number of aliphatic hydroxyl groups is 1. The Bertz CT molecular complexity index is 970. The average molecular weight is 429 g/mol. The van der Waals surface area contributed by atoms with Gasteiger partial charge in [0.2, 0.25) is 15.9 Å². The van der Waals surface area contributed by atoms with Crippen molar-refractivity contribution in [3.8, 4) is 0 Å². The van der Waals surface area contributed by atoms with Crippen molar-refractivity contribution in [2.75, 3.05) is 18.9 Å². The third kappa shape index (κ3) is 5.02. The summed E-state index contributed by atoms with van der Waals surface area (Å²) in [7, 11) is -2.83. The van der Waals surface area contributed by atoms with E-state index in [4.69, 9.17) is 0 Å². The van der Waals surface area contributed by atoms with Crippen molar-refractivity contribution in [2.24, 2.45) is 0 Å². The van der Waals surface area contributed by atoms with Crippen molar-refractivity contribution < 1.29 is 27.5 Å². The molecule has 152 valence electrons. The summed E-state index contributed by atoms with van der Waals surface area (Å²) in [5.41, 5.74) is 0.359. The number of hydrogen-bond acceptors (Lipinski definition) is 6. The maximum atomic E-state index is 13.0. The first-order valence-electron chi connectivity index (χ1n) is 8.40. The lowest BCUT2D eigenvalue weighted by Crippen LogP contribution is -2.31. The number of nitrogens with zero attached hydrogens (tertiary/aromatic N) is 1. The minimum atomic E-state index is -4.10. The first-order valence-corrected chi connectivity index (χ1v) is 10.7. The molecule has 0 fully saturated rings. The average Bonchev–Trinajstić information content (AvgIpc) is 3.06. The van der Waals surface area contributed by atoms with E-state index in [1.165, 1.54) is 44.3 Å². The monoisotopic (exact) mass is 428 g/mol. The van der Waals surface area contributed by atoms with Crippen LogP contribution in [-0.4, -0.2) is 43.1 Å². The van der Waals surface area contributed by atoms with Gasteiger partial charge in [0.1, 0.15) is 15.7 Å². The Kier molecular flexibility index (Phi) is 7.05. The molecule has 0 aliphatic heterocycles. The van der Waals surface area contributed by atoms with E-state index in [2.05, 4.69) is 5.32 Å². The number of Topliss-reactive ketones (excluding diaryl/α,β-unsaturated/α-hetero) is 1. The predicted octanol–water partition coefficient (Wildman–Crippen LogP) is 2.79. The van der Waals surface area contributed by atoms with Crippen LogP contribution in [0.1, 0.15) is 41.6 Å². The number of anilines is 1. The van der Waals surface area contributed by atoms with E-state index in [0.29, 0.717) is 5.56 Å². The van der Waals surface area contributed by atoms with E-state index < -0.39 is 21.9 Å². The van der Waals surface area contributed by atoms with Crippen LogP contribution in [0.2, 0.25) is 0 Å². The van der Waals surface area contributed by atoms with Crippen molar-refractivity contribution in [3.05, 3.63) is 46.6 Å². The standard InChI is InChI=1S/C18H21FN2O5S2/c1-4-17(24)20-18-16(9-15(27-18)11(2)22)28(25,26)21(3)10-14(23)12-5-7-13(19)8-6-12/h5-9,14,23H,4,10H2,1-3H3,(H,20,24). The molecule has 1 heterocycles. The molecule has 28 heavy (non-hydrogen) atoms. The molecule has 1 aromatic carbocycles. The quantitative estimate of drug-likeness (QED) is 0.629. The van der Waals surface area contributed by atoms with E-state index in [9.17, 15) is 27.5 Å². The Morgan fingerprint density at radius 1 is 1.29 bits per heavy atom. The zero-order chi connectivity index (χ0) is 21.1. The smallest absolute Gasteiger partial charge is 0.245 e. The van der Waals surface area contributed by atoms with Gasteiger partial charge in [0.05, 0.1) is 11.0 Å². The van der Waals surface area contributed by atoms with Gasteiger partial charge in [0.15, 0.2) is 5.78 Å². The molecule has 0 saturated heterocycles. The lowest BCUT2D eigenvalue weighted by atomic mass is 10.1. The number of benzene rings is 1. The fraction of sp³-hybridized carbons (Fsp3) is 0.333. The largest absolute Gasteiger partial charge is 0.387 e. The van der Waals surface area contributed by atoms with Crippen molar-refractivity contribution >= 4 is 38.1 Å². The first-order chi connectivity index (χ1) is 13.1. The summed E-state index contributed by atoms with van der Waals surface area (Å²) < 4.78 is 39.9. The SMILES string of the molecule is CCC(=O)Nc1sc(C(C)=O)cc1S(=O)(=O)N(C)CC(O)c1ccc(F)cc1. The van der Waals surface area contributed by atoms with Crippen molar-refractivity contribution in [2.45, 2.75) is 31.3 Å². The van der Waals surface area contributed by atoms with Crippen LogP contribution in [0.15, 0.2) is 35.2 Å². The fourth-order valence-corrected chi connectivity index (χ4v) is 4.95. The van der Waals surface area contributed by atoms with Gasteiger partial charge in [0.25, 0.3) is 0 Å². The highest BCUT2D eigenvalue weighted by Crippen LogP contribution is 2.34. The molecule has 1 unspecified atom stereocenters. The number of carbonyl (C=O) groups is 2. The zero-order valence-corrected chi connectivity index (χ0v) is 17.2. The third-order valence-electron chi connectivity index (χ3n) is 3.99. The second-order valence-corrected chi connectivity index (χ2v) is 9.18. The number of hydrogen-bond donors (Lipinski definition) is 2. The molecule has 1 amide bonds. The first kappa shape index (κ1) is 22.2. The Morgan fingerprint density at radius 2 is 1.89 bits per heavy atom. The molecule has 0 radical (unpaired) electrons. The molecule has 0 bridgehead atoms. The van der Waals surface area contributed by atoms with Gasteiger partial charge in [-0.15, -0.1) is 11.3 Å². The number of halogens is 1. The topological polar surface area (TPSA) is 104 Å². The summed E-state index contributed by atoms with van der Waals surface area (Å²) in [5.74, 6) is -1.18. The predicted molar refractivity (Wildman–Crippen MR) is 104 cm³/mol. The van der Waals surface area contributed by atoms with E-state index in [0.717, 1.165) is 15.6 Å². The maximum absolute atomic E-state index is 13.0. The number of carbonyl (C=O) groups excluding carboxylic acids is 2. The molecule has 10 heteroatoms. The van der Waals surface area contributed by atoms with E-state index >= 15 is 0 Å². The second kappa shape index (κ2) is 8.91. The Balaban J connectivity index is 2.32. The molecule has 7 nitrogen and oxygen atoms in total. The summed E-state index contributed by atoms with van der Waals surface area (Å²) in [6.45, 7) is 2.63. The summed E-state index contributed by atoms with van der Waals surface area (Å²) in [6, 6.07) is 6.29. The van der Waals surface area contributed by atoms with Gasteiger partial charge < -0.3 is 10.4 Å². The molecule has 0 aliphatic rings. The number of ketones is 1.